The molecule has 2 bridgehead atoms. The van der Waals surface area contributed by atoms with E-state index >= 15 is 0 Å². The lowest BCUT2D eigenvalue weighted by atomic mass is 9.39. The van der Waals surface area contributed by atoms with Crippen molar-refractivity contribution in [1.29, 1.82) is 0 Å². The van der Waals surface area contributed by atoms with Crippen molar-refractivity contribution in [2.45, 2.75) is 145 Å². The second-order valence-electron chi connectivity index (χ2n) is 18.1. The lowest BCUT2D eigenvalue weighted by Crippen LogP contribution is -2.62. The third kappa shape index (κ3) is 7.82. The van der Waals surface area contributed by atoms with E-state index < -0.39 is 0 Å². The van der Waals surface area contributed by atoms with Gasteiger partial charge in [-0.3, -0.25) is 5.43 Å². The van der Waals surface area contributed by atoms with Crippen LogP contribution in [0.3, 0.4) is 0 Å². The fraction of sp³-hybridized carbons (Fsp3) is 0.791. The zero-order chi connectivity index (χ0) is 37.1. The largest absolute Gasteiger partial charge is 0.495 e. The summed E-state index contributed by atoms with van der Waals surface area (Å²) in [6.45, 7) is 36.2. The molecule has 2 saturated carbocycles. The fourth-order valence-corrected chi connectivity index (χ4v) is 10.3. The summed E-state index contributed by atoms with van der Waals surface area (Å²) >= 11 is 0. The monoisotopic (exact) mass is 682 g/mol. The summed E-state index contributed by atoms with van der Waals surface area (Å²) in [6.07, 6.45) is 18.8. The Morgan fingerprint density at radius 3 is 2.37 bits per heavy atom. The zero-order valence-corrected chi connectivity index (χ0v) is 33.9. The normalized spacial score (nSPS) is 33.8. The quantitative estimate of drug-likeness (QED) is 0.0826. The average molecular weight is 682 g/mol. The van der Waals surface area contributed by atoms with Gasteiger partial charge in [-0.15, -0.1) is 0 Å². The Labute approximate surface area is 301 Å². The average Bonchev–Trinajstić information content (AvgIpc) is 3.04. The molecule has 6 nitrogen and oxygen atoms in total. The molecule has 49 heavy (non-hydrogen) atoms. The fourth-order valence-electron chi connectivity index (χ4n) is 10.3. The van der Waals surface area contributed by atoms with Crippen LogP contribution in [0.5, 0.6) is 0 Å². The van der Waals surface area contributed by atoms with Gasteiger partial charge >= 0.3 is 0 Å². The van der Waals surface area contributed by atoms with E-state index in [0.717, 1.165) is 19.3 Å². The summed E-state index contributed by atoms with van der Waals surface area (Å²) in [5, 5.41) is 3.70. The highest BCUT2D eigenvalue weighted by Gasteiger charge is 2.66. The van der Waals surface area contributed by atoms with E-state index in [9.17, 15) is 0 Å². The van der Waals surface area contributed by atoms with Gasteiger partial charge in [0, 0.05) is 35.4 Å². The second kappa shape index (κ2) is 15.8. The predicted molar refractivity (Wildman–Crippen MR) is 208 cm³/mol. The van der Waals surface area contributed by atoms with Crippen molar-refractivity contribution < 1.29 is 14.2 Å². The maximum Gasteiger partial charge on any atom is 0.112 e. The standard InChI is InChI=1S/C37H65NO3.C6H10N2/c1-13-31(40-24-35(11,38)26(4)5)33(9,23-39-12)30-15-14-29-28(32(30,7)8)16-17-36-20-21-41-37(22-36,27(6)25(2)3)19-18-34(29,36)10;1-4-6(3)8-7-5-2/h16,20-21,25-27,29-31H,13-15,17-19,22-24,38H2,1-12H3;4-5,8H,1,3H2,2H3/b;7-5-/t27-,29?,30?,31?,33+,34?,35+,36-,37-;/m1./s1. The van der Waals surface area contributed by atoms with Crippen molar-refractivity contribution >= 4 is 6.21 Å². The van der Waals surface area contributed by atoms with Gasteiger partial charge in [0.05, 0.1) is 25.6 Å². The van der Waals surface area contributed by atoms with Crippen LogP contribution in [-0.2, 0) is 14.2 Å². The molecule has 4 aliphatic rings. The van der Waals surface area contributed by atoms with Crippen LogP contribution in [0.2, 0.25) is 0 Å². The van der Waals surface area contributed by atoms with Crippen molar-refractivity contribution in [2.24, 2.45) is 62.1 Å². The Morgan fingerprint density at radius 2 is 1.82 bits per heavy atom. The molecule has 1 aliphatic heterocycles. The van der Waals surface area contributed by atoms with Gasteiger partial charge in [0.15, 0.2) is 0 Å². The molecule has 1 spiro atoms. The molecule has 6 heteroatoms. The Kier molecular flexibility index (Phi) is 13.4. The van der Waals surface area contributed by atoms with E-state index in [1.54, 1.807) is 17.9 Å². The molecule has 0 aromatic heterocycles. The van der Waals surface area contributed by atoms with Crippen LogP contribution >= 0.6 is 0 Å². The molecule has 0 aromatic rings. The lowest BCUT2D eigenvalue weighted by Gasteiger charge is -2.67. The minimum Gasteiger partial charge on any atom is -0.495 e. The van der Waals surface area contributed by atoms with E-state index in [0.29, 0.717) is 48.5 Å². The van der Waals surface area contributed by atoms with E-state index in [1.807, 2.05) is 14.0 Å². The van der Waals surface area contributed by atoms with E-state index in [4.69, 9.17) is 19.9 Å². The Morgan fingerprint density at radius 1 is 1.14 bits per heavy atom. The third-order valence-electron chi connectivity index (χ3n) is 14.4. The smallest absolute Gasteiger partial charge is 0.112 e. The Bertz CT molecular complexity index is 1230. The van der Waals surface area contributed by atoms with Crippen LogP contribution in [0.4, 0.5) is 0 Å². The van der Waals surface area contributed by atoms with Crippen LogP contribution in [0.25, 0.3) is 0 Å². The highest BCUT2D eigenvalue weighted by Crippen LogP contribution is 2.71. The van der Waals surface area contributed by atoms with Gasteiger partial charge in [-0.05, 0) is 111 Å². The number of ether oxygens (including phenoxy) is 3. The molecule has 2 fully saturated rings. The van der Waals surface area contributed by atoms with Crippen molar-refractivity contribution in [1.82, 2.24) is 5.43 Å². The van der Waals surface area contributed by atoms with E-state index in [1.165, 1.54) is 25.7 Å². The summed E-state index contributed by atoms with van der Waals surface area (Å²) in [7, 11) is 1.86. The highest BCUT2D eigenvalue weighted by molar-refractivity contribution is 5.52. The van der Waals surface area contributed by atoms with Crippen LogP contribution < -0.4 is 11.2 Å². The van der Waals surface area contributed by atoms with Crippen LogP contribution in [0, 0.1) is 51.2 Å². The van der Waals surface area contributed by atoms with Crippen LogP contribution in [-0.4, -0.2) is 43.8 Å². The van der Waals surface area contributed by atoms with Gasteiger partial charge < -0.3 is 19.9 Å². The number of nitrogens with two attached hydrogens (primary N) is 1. The minimum atomic E-state index is -0.343. The van der Waals surface area contributed by atoms with Gasteiger partial charge in [0.1, 0.15) is 5.60 Å². The molecule has 0 aromatic carbocycles. The second-order valence-corrected chi connectivity index (χ2v) is 18.1. The number of hydrogen-bond donors (Lipinski definition) is 2. The molecule has 4 unspecified atom stereocenters. The summed E-state index contributed by atoms with van der Waals surface area (Å²) < 4.78 is 19.4. The number of methoxy groups -OCH3 is 1. The molecule has 4 rings (SSSR count). The van der Waals surface area contributed by atoms with Crippen molar-refractivity contribution in [2.75, 3.05) is 20.3 Å². The van der Waals surface area contributed by atoms with Crippen molar-refractivity contribution in [3.8, 4) is 0 Å². The molecule has 1 heterocycles. The summed E-state index contributed by atoms with van der Waals surface area (Å²) in [5.41, 5.74) is 11.8. The number of hydrazone groups is 1. The third-order valence-corrected chi connectivity index (χ3v) is 14.4. The van der Waals surface area contributed by atoms with Gasteiger partial charge in [0.25, 0.3) is 0 Å². The van der Waals surface area contributed by atoms with E-state index in [-0.39, 0.29) is 38.9 Å². The summed E-state index contributed by atoms with van der Waals surface area (Å²) in [5.74, 6) is 2.61. The predicted octanol–water partition coefficient (Wildman–Crippen LogP) is 10.2. The SMILES string of the molecule is C=CC(=C)N/N=C\C.CCC(OC[C@](C)(N)C(C)C)[C@@](C)(COC)C1CCC2C(=CC[C@]34C=CO[C@]([C@H](C)C(C)C)(CCC23C)C4)C1(C)C. The molecule has 280 valence electrons. The molecule has 9 atom stereocenters. The van der Waals surface area contributed by atoms with E-state index in [2.05, 4.69) is 118 Å². The summed E-state index contributed by atoms with van der Waals surface area (Å²) in [4.78, 5) is 0. The highest BCUT2D eigenvalue weighted by atomic mass is 16.5. The number of rotatable bonds is 14. The minimum absolute atomic E-state index is 0.0172. The summed E-state index contributed by atoms with van der Waals surface area (Å²) in [6, 6.07) is 0. The number of allylic oxidation sites excluding steroid dienone is 4. The molecule has 0 saturated heterocycles. The first-order valence-electron chi connectivity index (χ1n) is 19.3. The van der Waals surface area contributed by atoms with Crippen molar-refractivity contribution in [3.63, 3.8) is 0 Å². The maximum atomic E-state index is 6.78. The molecule has 3 aliphatic carbocycles. The number of nitrogens with zero attached hydrogens (tertiary/aromatic N) is 1. The van der Waals surface area contributed by atoms with Crippen LogP contribution in [0.15, 0.2) is 54.0 Å². The molecule has 0 radical (unpaired) electrons. The number of nitrogens with one attached hydrogen (secondary N) is 1. The molecule has 3 N–H and O–H groups in total. The first kappa shape index (κ1) is 41.5. The topological polar surface area (TPSA) is 78.1 Å². The zero-order valence-electron chi connectivity index (χ0n) is 33.9. The van der Waals surface area contributed by atoms with Gasteiger partial charge in [-0.25, -0.2) is 0 Å². The van der Waals surface area contributed by atoms with Crippen LogP contribution in [0.1, 0.15) is 128 Å². The Balaban J connectivity index is 0.000000723. The maximum absolute atomic E-state index is 6.78. The van der Waals surface area contributed by atoms with Crippen molar-refractivity contribution in [3.05, 3.63) is 48.9 Å². The van der Waals surface area contributed by atoms with Gasteiger partial charge in [0.2, 0.25) is 0 Å². The molecular formula is C43H75N3O3. The molecular weight excluding hydrogens is 606 g/mol. The van der Waals surface area contributed by atoms with Gasteiger partial charge in [-0.2, -0.15) is 5.10 Å². The molecule has 0 amide bonds. The lowest BCUT2D eigenvalue weighted by molar-refractivity contribution is -0.180. The first-order chi connectivity index (χ1) is 22.8. The van der Waals surface area contributed by atoms with Gasteiger partial charge in [-0.1, -0.05) is 94.0 Å². The Hall–Kier alpha value is -1.89. The first-order valence-corrected chi connectivity index (χ1v) is 19.3. The number of hydrogen-bond acceptors (Lipinski definition) is 6. The number of fused-ring (bicyclic) bond motifs is 3.